The molecule has 0 bridgehead atoms. The molecule has 0 saturated carbocycles. The second kappa shape index (κ2) is 21.7. The van der Waals surface area contributed by atoms with Gasteiger partial charge in [0.1, 0.15) is 17.9 Å². The largest absolute Gasteiger partial charge is 0.405 e. The van der Waals surface area contributed by atoms with E-state index >= 15 is 4.39 Å². The van der Waals surface area contributed by atoms with E-state index in [0.29, 0.717) is 56.7 Å². The first-order chi connectivity index (χ1) is 24.6. The molecule has 1 aliphatic rings. The molecule has 1 amide bonds. The molecule has 2 aromatic rings. The van der Waals surface area contributed by atoms with E-state index in [2.05, 4.69) is 38.0 Å². The minimum atomic E-state index is -0.817. The van der Waals surface area contributed by atoms with E-state index in [1.807, 2.05) is 51.1 Å². The van der Waals surface area contributed by atoms with Gasteiger partial charge in [0.05, 0.1) is 17.6 Å². The van der Waals surface area contributed by atoms with E-state index in [1.54, 1.807) is 30.6 Å². The average molecular weight is 704 g/mol. The van der Waals surface area contributed by atoms with Crippen LogP contribution < -0.4 is 21.8 Å². The van der Waals surface area contributed by atoms with E-state index in [1.165, 1.54) is 24.4 Å². The standard InChI is InChI=1S/C40H55F2N7O2/c1-5-11-32(35-16-14-31(26-36(35)42)27-44-21-10-20-43)18-23-45-38(50)28-49-24-9-19-40(4,29-49)39(51)47-34-15-17-37(30(3)25-34)48-46-22-8-7-13-33(41)12-6-2/h7,10,12-18,20-22,25-26,38,45,48,50H,5-6,8-9,11,19,23-24,27-29,43H2,1-4H3,(H,47,51)/b13-7-,20-10-,32-18+,33-12+,44-21?,46-22+. The van der Waals surface area contributed by atoms with Gasteiger partial charge < -0.3 is 16.2 Å². The molecule has 51 heavy (non-hydrogen) atoms. The van der Waals surface area contributed by atoms with Crippen molar-refractivity contribution in [2.45, 2.75) is 79.0 Å². The summed E-state index contributed by atoms with van der Waals surface area (Å²) in [5, 5.41) is 21.3. The Morgan fingerprint density at radius 3 is 2.75 bits per heavy atom. The number of nitrogens with one attached hydrogen (secondary N) is 3. The average Bonchev–Trinajstić information content (AvgIpc) is 3.09. The summed E-state index contributed by atoms with van der Waals surface area (Å²) < 4.78 is 28.5. The van der Waals surface area contributed by atoms with Crippen LogP contribution in [-0.2, 0) is 11.3 Å². The van der Waals surface area contributed by atoms with Gasteiger partial charge in [0.2, 0.25) is 5.91 Å². The number of hydrogen-bond donors (Lipinski definition) is 5. The summed E-state index contributed by atoms with van der Waals surface area (Å²) in [4.78, 5) is 19.8. The maximum absolute atomic E-state index is 15.1. The Kier molecular flexibility index (Phi) is 17.4. The van der Waals surface area contributed by atoms with Crippen LogP contribution in [-0.4, -0.2) is 60.7 Å². The first kappa shape index (κ1) is 41.0. The minimum absolute atomic E-state index is 0.0664. The Bertz CT molecular complexity index is 1600. The third-order valence-electron chi connectivity index (χ3n) is 8.61. The lowest BCUT2D eigenvalue weighted by atomic mass is 9.81. The van der Waals surface area contributed by atoms with Crippen molar-refractivity contribution in [3.63, 3.8) is 0 Å². The summed E-state index contributed by atoms with van der Waals surface area (Å²) >= 11 is 0. The van der Waals surface area contributed by atoms with Gasteiger partial charge in [-0.1, -0.05) is 44.6 Å². The van der Waals surface area contributed by atoms with Gasteiger partial charge in [-0.05, 0) is 111 Å². The first-order valence-electron chi connectivity index (χ1n) is 17.8. The number of rotatable bonds is 19. The molecule has 3 rings (SSSR count). The lowest BCUT2D eigenvalue weighted by molar-refractivity contribution is -0.128. The quantitative estimate of drug-likeness (QED) is 0.0444. The zero-order chi connectivity index (χ0) is 37.1. The predicted octanol–water partition coefficient (Wildman–Crippen LogP) is 7.62. The molecule has 2 unspecified atom stereocenters. The van der Waals surface area contributed by atoms with Gasteiger partial charge >= 0.3 is 0 Å². The van der Waals surface area contributed by atoms with Gasteiger partial charge in [0.25, 0.3) is 0 Å². The van der Waals surface area contributed by atoms with Crippen LogP contribution >= 0.6 is 0 Å². The van der Waals surface area contributed by atoms with Gasteiger partial charge in [-0.3, -0.25) is 25.4 Å². The number of halogens is 2. The van der Waals surface area contributed by atoms with Crippen LogP contribution in [0.3, 0.4) is 0 Å². The third kappa shape index (κ3) is 14.0. The maximum atomic E-state index is 15.1. The lowest BCUT2D eigenvalue weighted by Gasteiger charge is -2.40. The van der Waals surface area contributed by atoms with Crippen molar-refractivity contribution >= 4 is 35.3 Å². The van der Waals surface area contributed by atoms with Crippen molar-refractivity contribution in [1.82, 2.24) is 10.2 Å². The van der Waals surface area contributed by atoms with Crippen molar-refractivity contribution < 1.29 is 18.7 Å². The highest BCUT2D eigenvalue weighted by Crippen LogP contribution is 2.32. The maximum Gasteiger partial charge on any atom is 0.231 e. The smallest absolute Gasteiger partial charge is 0.231 e. The van der Waals surface area contributed by atoms with Crippen molar-refractivity contribution in [2.24, 2.45) is 21.2 Å². The predicted molar refractivity (Wildman–Crippen MR) is 208 cm³/mol. The second-order valence-electron chi connectivity index (χ2n) is 13.0. The number of likely N-dealkylation sites (tertiary alicyclic amines) is 1. The van der Waals surface area contributed by atoms with Gasteiger partial charge in [0.15, 0.2) is 0 Å². The molecule has 9 nitrogen and oxygen atoms in total. The molecule has 0 radical (unpaired) electrons. The summed E-state index contributed by atoms with van der Waals surface area (Å²) in [7, 11) is 0. The van der Waals surface area contributed by atoms with Gasteiger partial charge in [0, 0.05) is 49.7 Å². The van der Waals surface area contributed by atoms with Gasteiger partial charge in [-0.2, -0.15) is 5.10 Å². The Morgan fingerprint density at radius 1 is 1.20 bits per heavy atom. The number of aliphatic hydroxyl groups excluding tert-OH is 1. The molecular weight excluding hydrogens is 648 g/mol. The highest BCUT2D eigenvalue weighted by Gasteiger charge is 2.38. The number of hydrogen-bond acceptors (Lipinski definition) is 8. The summed E-state index contributed by atoms with van der Waals surface area (Å²) in [6, 6.07) is 10.8. The molecular formula is C40H55F2N7O2. The fraction of sp³-hybridized carbons (Fsp3) is 0.425. The van der Waals surface area contributed by atoms with Gasteiger partial charge in [-0.25, -0.2) is 8.78 Å². The number of aliphatic hydroxyl groups is 1. The van der Waals surface area contributed by atoms with Gasteiger partial charge in [-0.15, -0.1) is 0 Å². The van der Waals surface area contributed by atoms with Crippen LogP contribution in [0.5, 0.6) is 0 Å². The summed E-state index contributed by atoms with van der Waals surface area (Å²) in [5.41, 5.74) is 12.3. The van der Waals surface area contributed by atoms with E-state index < -0.39 is 11.6 Å². The summed E-state index contributed by atoms with van der Waals surface area (Å²) in [6.45, 7) is 10.2. The molecule has 0 spiro atoms. The first-order valence-corrected chi connectivity index (χ1v) is 17.8. The van der Waals surface area contributed by atoms with E-state index in [-0.39, 0.29) is 17.6 Å². The molecule has 1 aliphatic heterocycles. The van der Waals surface area contributed by atoms with Crippen molar-refractivity contribution in [1.29, 1.82) is 0 Å². The molecule has 6 N–H and O–H groups in total. The topological polar surface area (TPSA) is 127 Å². The van der Waals surface area contributed by atoms with Crippen LogP contribution in [0.15, 0.2) is 88.9 Å². The Hall–Kier alpha value is -4.45. The number of β-amino-alcohol motifs (C(OH)–C–C–N with tert-alkyl or cyclic N) is 1. The number of anilines is 2. The second-order valence-corrected chi connectivity index (χ2v) is 13.0. The summed E-state index contributed by atoms with van der Waals surface area (Å²) in [6.07, 6.45) is 16.3. The van der Waals surface area contributed by atoms with E-state index in [4.69, 9.17) is 5.73 Å². The fourth-order valence-electron chi connectivity index (χ4n) is 5.94. The number of carbonyl (C=O) groups excluding carboxylic acids is 1. The molecule has 276 valence electrons. The zero-order valence-corrected chi connectivity index (χ0v) is 30.5. The fourth-order valence-corrected chi connectivity index (χ4v) is 5.94. The molecule has 0 aromatic heterocycles. The van der Waals surface area contributed by atoms with Crippen LogP contribution in [0, 0.1) is 18.2 Å². The molecule has 1 saturated heterocycles. The Balaban J connectivity index is 1.51. The Labute approximate surface area is 302 Å². The van der Waals surface area contributed by atoms with Crippen molar-refractivity contribution in [3.8, 4) is 0 Å². The Morgan fingerprint density at radius 2 is 2.02 bits per heavy atom. The zero-order valence-electron chi connectivity index (χ0n) is 30.5. The number of amides is 1. The van der Waals surface area contributed by atoms with E-state index in [0.717, 1.165) is 48.2 Å². The number of aryl methyl sites for hydroxylation is 1. The number of nitrogens with two attached hydrogens (primary N) is 1. The van der Waals surface area contributed by atoms with Crippen LogP contribution in [0.2, 0.25) is 0 Å². The SMILES string of the molecule is CC/C=C(F)\C=C/C/C=N/Nc1ccc(NC(=O)C2(C)CCCN(CC(O)NC/C=C(\CCC)c3ccc(CN=C/C=C\N)cc3F)C2)cc1C. The minimum Gasteiger partial charge on any atom is -0.405 e. The number of aliphatic imine (C=N–C) groups is 1. The van der Waals surface area contributed by atoms with Crippen LogP contribution in [0.1, 0.15) is 76.0 Å². The highest BCUT2D eigenvalue weighted by atomic mass is 19.1. The number of benzene rings is 2. The number of allylic oxidation sites excluding steroid dienone is 6. The summed E-state index contributed by atoms with van der Waals surface area (Å²) in [5.74, 6) is -0.617. The lowest BCUT2D eigenvalue weighted by Crippen LogP contribution is -2.51. The molecule has 1 fully saturated rings. The number of carbonyl (C=O) groups is 1. The van der Waals surface area contributed by atoms with Crippen molar-refractivity contribution in [3.05, 3.63) is 101 Å². The monoisotopic (exact) mass is 703 g/mol. The van der Waals surface area contributed by atoms with Crippen molar-refractivity contribution in [2.75, 3.05) is 36.9 Å². The number of hydrazone groups is 1. The third-order valence-corrected chi connectivity index (χ3v) is 8.61. The van der Waals surface area contributed by atoms with E-state index in [9.17, 15) is 14.3 Å². The molecule has 0 aliphatic carbocycles. The normalized spacial score (nSPS) is 18.4. The van der Waals surface area contributed by atoms with Crippen LogP contribution in [0.4, 0.5) is 20.2 Å². The molecule has 1 heterocycles. The number of nitrogens with zero attached hydrogens (tertiary/aromatic N) is 3. The molecule has 2 aromatic carbocycles. The van der Waals surface area contributed by atoms with Crippen LogP contribution in [0.25, 0.3) is 5.57 Å². The molecule has 11 heteroatoms. The number of piperidine rings is 1. The molecule has 2 atom stereocenters. The highest BCUT2D eigenvalue weighted by molar-refractivity contribution is 5.95.